The Kier molecular flexibility index (Phi) is 2.68. The van der Waals surface area contributed by atoms with Gasteiger partial charge in [0, 0.05) is 17.0 Å². The van der Waals surface area contributed by atoms with E-state index in [1.807, 2.05) is 24.4 Å². The Labute approximate surface area is 92.0 Å². The van der Waals surface area contributed by atoms with Gasteiger partial charge >= 0.3 is 0 Å². The van der Waals surface area contributed by atoms with Gasteiger partial charge in [0.1, 0.15) is 0 Å². The monoisotopic (exact) mass is 221 g/mol. The molecule has 1 aliphatic rings. The lowest BCUT2D eigenvalue weighted by atomic mass is 10.1. The van der Waals surface area contributed by atoms with Crippen LogP contribution in [0.3, 0.4) is 0 Å². The molecule has 2 heterocycles. The molecule has 1 atom stereocenters. The maximum absolute atomic E-state index is 11.5. The van der Waals surface area contributed by atoms with Crippen LogP contribution in [0.5, 0.6) is 0 Å². The van der Waals surface area contributed by atoms with Gasteiger partial charge in [-0.25, -0.2) is 0 Å². The van der Waals surface area contributed by atoms with Crippen molar-refractivity contribution in [3.63, 3.8) is 0 Å². The number of carbonyl (C=O) groups excluding carboxylic acids is 2. The number of rotatable bonds is 3. The van der Waals surface area contributed by atoms with Crippen LogP contribution in [0.1, 0.15) is 24.3 Å². The fourth-order valence-corrected chi connectivity index (χ4v) is 2.61. The summed E-state index contributed by atoms with van der Waals surface area (Å²) in [7, 11) is 0. The summed E-state index contributed by atoms with van der Waals surface area (Å²) in [6, 6.07) is 3.78. The van der Waals surface area contributed by atoms with Gasteiger partial charge in [0.2, 0.25) is 0 Å². The molecule has 1 aromatic rings. The molecule has 3 nitrogen and oxygen atoms in total. The van der Waals surface area contributed by atoms with Gasteiger partial charge in [-0.15, -0.1) is 11.3 Å². The minimum atomic E-state index is -0.208. The Bertz CT molecular complexity index is 390. The highest BCUT2D eigenvalue weighted by molar-refractivity contribution is 7.10. The second kappa shape index (κ2) is 3.98. The zero-order valence-electron chi connectivity index (χ0n) is 8.34. The first kappa shape index (κ1) is 10.1. The molecule has 1 aliphatic heterocycles. The van der Waals surface area contributed by atoms with Crippen LogP contribution >= 0.6 is 11.3 Å². The molecule has 78 valence electrons. The predicted octanol–water partition coefficient (Wildman–Crippen LogP) is 2.12. The molecule has 0 fully saturated rings. The Hall–Kier alpha value is -1.42. The summed E-state index contributed by atoms with van der Waals surface area (Å²) in [6.07, 6.45) is 3.41. The zero-order chi connectivity index (χ0) is 10.8. The fraction of sp³-hybridized carbons (Fsp3) is 0.273. The number of amides is 2. The molecule has 15 heavy (non-hydrogen) atoms. The van der Waals surface area contributed by atoms with Crippen molar-refractivity contribution in [1.82, 2.24) is 4.90 Å². The molecule has 4 heteroatoms. The van der Waals surface area contributed by atoms with Crippen LogP contribution in [0.4, 0.5) is 0 Å². The maximum atomic E-state index is 11.5. The van der Waals surface area contributed by atoms with Crippen molar-refractivity contribution in [1.29, 1.82) is 0 Å². The van der Waals surface area contributed by atoms with Crippen molar-refractivity contribution in [2.75, 3.05) is 0 Å². The molecule has 1 unspecified atom stereocenters. The van der Waals surface area contributed by atoms with Gasteiger partial charge in [0.05, 0.1) is 6.04 Å². The van der Waals surface area contributed by atoms with E-state index in [1.165, 1.54) is 17.1 Å². The third-order valence-corrected chi connectivity index (χ3v) is 3.39. The third kappa shape index (κ3) is 1.72. The molecule has 0 spiro atoms. The van der Waals surface area contributed by atoms with Gasteiger partial charge in [0.15, 0.2) is 0 Å². The van der Waals surface area contributed by atoms with E-state index < -0.39 is 0 Å². The van der Waals surface area contributed by atoms with Crippen LogP contribution in [-0.4, -0.2) is 16.7 Å². The van der Waals surface area contributed by atoms with E-state index in [0.717, 1.165) is 11.3 Å². The summed E-state index contributed by atoms with van der Waals surface area (Å²) in [5, 5.41) is 1.95. The lowest BCUT2D eigenvalue weighted by Crippen LogP contribution is -2.33. The lowest BCUT2D eigenvalue weighted by Gasteiger charge is -2.23. The summed E-state index contributed by atoms with van der Waals surface area (Å²) in [6.45, 7) is 1.98. The normalized spacial score (nSPS) is 17.5. The van der Waals surface area contributed by atoms with Crippen LogP contribution in [0.2, 0.25) is 0 Å². The van der Waals surface area contributed by atoms with Crippen molar-refractivity contribution in [2.24, 2.45) is 0 Å². The van der Waals surface area contributed by atoms with Gasteiger partial charge in [0.25, 0.3) is 11.8 Å². The first-order valence-electron chi connectivity index (χ1n) is 4.82. The first-order chi connectivity index (χ1) is 7.24. The van der Waals surface area contributed by atoms with E-state index in [1.54, 1.807) is 11.3 Å². The summed E-state index contributed by atoms with van der Waals surface area (Å²) in [5.41, 5.74) is 0. The molecule has 0 aromatic carbocycles. The lowest BCUT2D eigenvalue weighted by molar-refractivity contribution is -0.139. The number of carbonyl (C=O) groups is 2. The molecule has 1 aromatic heterocycles. The van der Waals surface area contributed by atoms with Gasteiger partial charge < -0.3 is 0 Å². The summed E-state index contributed by atoms with van der Waals surface area (Å²) >= 11 is 1.57. The van der Waals surface area contributed by atoms with Crippen LogP contribution in [0, 0.1) is 0 Å². The largest absolute Gasteiger partial charge is 0.269 e. The molecule has 0 saturated heterocycles. The topological polar surface area (TPSA) is 37.4 Å². The molecule has 0 bridgehead atoms. The Morgan fingerprint density at radius 2 is 2.00 bits per heavy atom. The molecular weight excluding hydrogens is 210 g/mol. The Morgan fingerprint density at radius 3 is 2.47 bits per heavy atom. The number of hydrogen-bond donors (Lipinski definition) is 0. The molecule has 2 rings (SSSR count). The molecule has 0 saturated carbocycles. The van der Waals surface area contributed by atoms with Crippen molar-refractivity contribution in [2.45, 2.75) is 19.4 Å². The summed E-state index contributed by atoms with van der Waals surface area (Å²) < 4.78 is 0. The second-order valence-corrected chi connectivity index (χ2v) is 4.30. The number of imide groups is 1. The summed E-state index contributed by atoms with van der Waals surface area (Å²) in [5.74, 6) is -0.416. The van der Waals surface area contributed by atoms with E-state index >= 15 is 0 Å². The smallest absolute Gasteiger partial charge is 0.254 e. The fourth-order valence-electron chi connectivity index (χ4n) is 1.71. The highest BCUT2D eigenvalue weighted by Crippen LogP contribution is 2.30. The van der Waals surface area contributed by atoms with E-state index in [4.69, 9.17) is 0 Å². The van der Waals surface area contributed by atoms with E-state index in [0.29, 0.717) is 0 Å². The van der Waals surface area contributed by atoms with Crippen LogP contribution < -0.4 is 0 Å². The zero-order valence-corrected chi connectivity index (χ0v) is 9.16. The van der Waals surface area contributed by atoms with E-state index in [2.05, 4.69) is 0 Å². The second-order valence-electron chi connectivity index (χ2n) is 3.32. The Morgan fingerprint density at radius 1 is 1.33 bits per heavy atom. The minimum absolute atomic E-state index is 0.111. The molecular formula is C11H11NO2S. The predicted molar refractivity (Wildman–Crippen MR) is 58.3 cm³/mol. The quantitative estimate of drug-likeness (QED) is 0.733. The van der Waals surface area contributed by atoms with Crippen molar-refractivity contribution in [3.05, 3.63) is 34.5 Å². The maximum Gasteiger partial charge on any atom is 0.254 e. The van der Waals surface area contributed by atoms with Crippen LogP contribution in [-0.2, 0) is 9.59 Å². The van der Waals surface area contributed by atoms with Gasteiger partial charge in [-0.1, -0.05) is 13.0 Å². The molecule has 0 radical (unpaired) electrons. The van der Waals surface area contributed by atoms with Crippen LogP contribution in [0.15, 0.2) is 29.7 Å². The number of nitrogens with zero attached hydrogens (tertiary/aromatic N) is 1. The first-order valence-corrected chi connectivity index (χ1v) is 5.70. The molecule has 0 N–H and O–H groups in total. The van der Waals surface area contributed by atoms with Gasteiger partial charge in [-0.2, -0.15) is 0 Å². The van der Waals surface area contributed by atoms with Gasteiger partial charge in [-0.3, -0.25) is 14.5 Å². The minimum Gasteiger partial charge on any atom is -0.269 e. The van der Waals surface area contributed by atoms with E-state index in [-0.39, 0.29) is 17.9 Å². The average molecular weight is 221 g/mol. The third-order valence-electron chi connectivity index (χ3n) is 2.41. The molecule has 0 aliphatic carbocycles. The Balaban J connectivity index is 2.28. The number of thiophene rings is 1. The van der Waals surface area contributed by atoms with Crippen molar-refractivity contribution >= 4 is 23.2 Å². The van der Waals surface area contributed by atoms with Crippen molar-refractivity contribution < 1.29 is 9.59 Å². The van der Waals surface area contributed by atoms with Crippen LogP contribution in [0.25, 0.3) is 0 Å². The highest BCUT2D eigenvalue weighted by atomic mass is 32.1. The highest BCUT2D eigenvalue weighted by Gasteiger charge is 2.31. The standard InChI is InChI=1S/C11H11NO2S/c1-2-8(9-4-3-7-15-9)12-10(13)5-6-11(12)14/h3-8H,2H2,1H3. The number of hydrogen-bond acceptors (Lipinski definition) is 3. The molecule has 2 amide bonds. The van der Waals surface area contributed by atoms with Gasteiger partial charge in [-0.05, 0) is 17.9 Å². The van der Waals surface area contributed by atoms with E-state index in [9.17, 15) is 9.59 Å². The van der Waals surface area contributed by atoms with Crippen molar-refractivity contribution in [3.8, 4) is 0 Å². The SMILES string of the molecule is CCC(c1cccs1)N1C(=O)C=CC1=O. The average Bonchev–Trinajstić information content (AvgIpc) is 2.83. The summed E-state index contributed by atoms with van der Waals surface area (Å²) in [4.78, 5) is 25.4.